The zero-order valence-electron chi connectivity index (χ0n) is 9.45. The summed E-state index contributed by atoms with van der Waals surface area (Å²) < 4.78 is 1.43. The molecule has 2 rings (SSSR count). The zero-order valence-corrected chi connectivity index (χ0v) is 10.3. The number of thiophene rings is 1. The highest BCUT2D eigenvalue weighted by atomic mass is 32.1. The predicted octanol–water partition coefficient (Wildman–Crippen LogP) is 2.56. The molecule has 7 heteroatoms. The number of hydrogen-bond acceptors (Lipinski definition) is 5. The van der Waals surface area contributed by atoms with Crippen molar-refractivity contribution in [1.29, 1.82) is 0 Å². The zero-order chi connectivity index (χ0) is 12.4. The summed E-state index contributed by atoms with van der Waals surface area (Å²) in [7, 11) is 1.66. The summed E-state index contributed by atoms with van der Waals surface area (Å²) in [6.45, 7) is 1.95. The molecule has 0 aliphatic rings. The molecule has 0 bridgehead atoms. The lowest BCUT2D eigenvalue weighted by atomic mass is 10.3. The summed E-state index contributed by atoms with van der Waals surface area (Å²) in [4.78, 5) is 11.5. The van der Waals surface area contributed by atoms with E-state index >= 15 is 0 Å². The standard InChI is InChI=1S/C10H12N4O2S/c1-7(9-4-3-5-17-9)11-10-8(14(15)16)6-13(2)12-10/h3-7H,1-2H3,(H,11,12). The predicted molar refractivity (Wildman–Crippen MR) is 66.2 cm³/mol. The maximum absolute atomic E-state index is 10.8. The molecule has 0 spiro atoms. The summed E-state index contributed by atoms with van der Waals surface area (Å²) in [6, 6.07) is 3.94. The number of anilines is 1. The molecule has 17 heavy (non-hydrogen) atoms. The Bertz CT molecular complexity index is 520. The molecule has 1 unspecified atom stereocenters. The van der Waals surface area contributed by atoms with Gasteiger partial charge >= 0.3 is 5.69 Å². The van der Waals surface area contributed by atoms with Gasteiger partial charge in [-0.15, -0.1) is 16.4 Å². The molecule has 2 aromatic rings. The van der Waals surface area contributed by atoms with E-state index in [9.17, 15) is 10.1 Å². The molecule has 0 amide bonds. The topological polar surface area (TPSA) is 73.0 Å². The van der Waals surface area contributed by atoms with Crippen molar-refractivity contribution in [3.05, 3.63) is 38.7 Å². The Morgan fingerprint density at radius 1 is 1.65 bits per heavy atom. The molecule has 0 saturated carbocycles. The van der Waals surface area contributed by atoms with Crippen LogP contribution in [0.3, 0.4) is 0 Å². The Kier molecular flexibility index (Phi) is 3.10. The molecule has 1 atom stereocenters. The molecule has 0 aromatic carbocycles. The maximum atomic E-state index is 10.8. The molecule has 6 nitrogen and oxygen atoms in total. The Balaban J connectivity index is 2.21. The first-order valence-corrected chi connectivity index (χ1v) is 5.94. The van der Waals surface area contributed by atoms with Gasteiger partial charge in [0, 0.05) is 11.9 Å². The van der Waals surface area contributed by atoms with E-state index in [1.807, 2.05) is 24.4 Å². The normalized spacial score (nSPS) is 12.4. The van der Waals surface area contributed by atoms with Gasteiger partial charge in [-0.25, -0.2) is 0 Å². The fourth-order valence-electron chi connectivity index (χ4n) is 1.53. The van der Waals surface area contributed by atoms with Gasteiger partial charge in [-0.05, 0) is 18.4 Å². The van der Waals surface area contributed by atoms with Gasteiger partial charge in [-0.1, -0.05) is 6.07 Å². The van der Waals surface area contributed by atoms with Crippen molar-refractivity contribution < 1.29 is 4.92 Å². The molecular weight excluding hydrogens is 240 g/mol. The highest BCUT2D eigenvalue weighted by molar-refractivity contribution is 7.10. The minimum atomic E-state index is -0.434. The van der Waals surface area contributed by atoms with Crippen LogP contribution in [0.4, 0.5) is 11.5 Å². The van der Waals surface area contributed by atoms with Crippen molar-refractivity contribution in [1.82, 2.24) is 9.78 Å². The van der Waals surface area contributed by atoms with Crippen LogP contribution in [0, 0.1) is 10.1 Å². The third-order valence-corrected chi connectivity index (χ3v) is 3.38. The van der Waals surface area contributed by atoms with Crippen LogP contribution in [0.1, 0.15) is 17.8 Å². The monoisotopic (exact) mass is 252 g/mol. The lowest BCUT2D eigenvalue weighted by Crippen LogP contribution is -2.07. The van der Waals surface area contributed by atoms with Crippen LogP contribution in [-0.2, 0) is 7.05 Å². The first-order chi connectivity index (χ1) is 8.08. The highest BCUT2D eigenvalue weighted by Crippen LogP contribution is 2.27. The molecule has 0 radical (unpaired) electrons. The number of nitrogens with one attached hydrogen (secondary N) is 1. The van der Waals surface area contributed by atoms with E-state index in [1.54, 1.807) is 18.4 Å². The lowest BCUT2D eigenvalue weighted by molar-refractivity contribution is -0.384. The Hall–Kier alpha value is -1.89. The third-order valence-electron chi connectivity index (χ3n) is 2.33. The molecule has 0 aliphatic heterocycles. The van der Waals surface area contributed by atoms with Crippen molar-refractivity contribution in [2.45, 2.75) is 13.0 Å². The molecule has 0 fully saturated rings. The summed E-state index contributed by atoms with van der Waals surface area (Å²) in [5.41, 5.74) is -0.00379. The van der Waals surface area contributed by atoms with Crippen LogP contribution >= 0.6 is 11.3 Å². The number of aryl methyl sites for hydroxylation is 1. The SMILES string of the molecule is CC(Nc1nn(C)cc1[N+](=O)[O-])c1cccs1. The largest absolute Gasteiger partial charge is 0.356 e. The maximum Gasteiger partial charge on any atom is 0.330 e. The lowest BCUT2D eigenvalue weighted by Gasteiger charge is -2.10. The molecular formula is C10H12N4O2S. The minimum Gasteiger partial charge on any atom is -0.356 e. The van der Waals surface area contributed by atoms with E-state index in [0.717, 1.165) is 4.88 Å². The Morgan fingerprint density at radius 3 is 3.00 bits per heavy atom. The van der Waals surface area contributed by atoms with Crippen LogP contribution in [0.15, 0.2) is 23.7 Å². The summed E-state index contributed by atoms with van der Waals surface area (Å²) in [5.74, 6) is 0.304. The van der Waals surface area contributed by atoms with Gasteiger partial charge in [0.05, 0.1) is 11.0 Å². The quantitative estimate of drug-likeness (QED) is 0.670. The fourth-order valence-corrected chi connectivity index (χ4v) is 2.26. The number of nitro groups is 1. The molecule has 0 saturated heterocycles. The second-order valence-electron chi connectivity index (χ2n) is 3.68. The summed E-state index contributed by atoms with van der Waals surface area (Å²) in [5, 5.41) is 19.9. The van der Waals surface area contributed by atoms with Crippen LogP contribution < -0.4 is 5.32 Å². The number of hydrogen-bond donors (Lipinski definition) is 1. The van der Waals surface area contributed by atoms with Crippen LogP contribution in [0.25, 0.3) is 0 Å². The van der Waals surface area contributed by atoms with Crippen molar-refractivity contribution in [3.63, 3.8) is 0 Å². The van der Waals surface area contributed by atoms with Crippen LogP contribution in [0.5, 0.6) is 0 Å². The fraction of sp³-hybridized carbons (Fsp3) is 0.300. The van der Waals surface area contributed by atoms with Crippen LogP contribution in [0.2, 0.25) is 0 Å². The minimum absolute atomic E-state index is 0.00333. The average molecular weight is 252 g/mol. The van der Waals surface area contributed by atoms with Crippen LogP contribution in [-0.4, -0.2) is 14.7 Å². The second kappa shape index (κ2) is 4.54. The number of aromatic nitrogens is 2. The smallest absolute Gasteiger partial charge is 0.330 e. The van der Waals surface area contributed by atoms with Gasteiger partial charge in [0.25, 0.3) is 0 Å². The van der Waals surface area contributed by atoms with E-state index < -0.39 is 4.92 Å². The summed E-state index contributed by atoms with van der Waals surface area (Å²) >= 11 is 1.60. The van der Waals surface area contributed by atoms with Gasteiger partial charge in [-0.3, -0.25) is 14.8 Å². The molecule has 2 heterocycles. The van der Waals surface area contributed by atoms with Crippen molar-refractivity contribution >= 4 is 22.8 Å². The van der Waals surface area contributed by atoms with E-state index in [-0.39, 0.29) is 11.7 Å². The van der Waals surface area contributed by atoms with E-state index in [4.69, 9.17) is 0 Å². The van der Waals surface area contributed by atoms with Crippen molar-refractivity contribution in [2.75, 3.05) is 5.32 Å². The van der Waals surface area contributed by atoms with E-state index in [0.29, 0.717) is 5.82 Å². The molecule has 2 aromatic heterocycles. The second-order valence-corrected chi connectivity index (χ2v) is 4.65. The average Bonchev–Trinajstić information content (AvgIpc) is 2.86. The molecule has 1 N–H and O–H groups in total. The van der Waals surface area contributed by atoms with E-state index in [2.05, 4.69) is 10.4 Å². The van der Waals surface area contributed by atoms with Gasteiger partial charge in [0.2, 0.25) is 5.82 Å². The van der Waals surface area contributed by atoms with Crippen molar-refractivity contribution in [3.8, 4) is 0 Å². The van der Waals surface area contributed by atoms with Crippen molar-refractivity contribution in [2.24, 2.45) is 7.05 Å². The van der Waals surface area contributed by atoms with Gasteiger partial charge in [0.15, 0.2) is 0 Å². The third kappa shape index (κ3) is 2.44. The van der Waals surface area contributed by atoms with Gasteiger partial charge in [-0.2, -0.15) is 0 Å². The van der Waals surface area contributed by atoms with Gasteiger partial charge < -0.3 is 5.32 Å². The molecule has 90 valence electrons. The summed E-state index contributed by atoms with van der Waals surface area (Å²) in [6.07, 6.45) is 1.39. The first-order valence-electron chi connectivity index (χ1n) is 5.06. The number of nitrogens with zero attached hydrogens (tertiary/aromatic N) is 3. The Labute approximate surface area is 102 Å². The van der Waals surface area contributed by atoms with E-state index in [1.165, 1.54) is 10.9 Å². The highest BCUT2D eigenvalue weighted by Gasteiger charge is 2.20. The first kappa shape index (κ1) is 11.6. The number of rotatable bonds is 4. The Morgan fingerprint density at radius 2 is 2.41 bits per heavy atom. The molecule has 0 aliphatic carbocycles. The van der Waals surface area contributed by atoms with Gasteiger partial charge in [0.1, 0.15) is 6.20 Å².